The Labute approximate surface area is 149 Å². The van der Waals surface area contributed by atoms with Crippen molar-refractivity contribution in [1.82, 2.24) is 4.98 Å². The van der Waals surface area contributed by atoms with Crippen LogP contribution in [0.15, 0.2) is 48.4 Å². The number of pyridine rings is 1. The van der Waals surface area contributed by atoms with Gasteiger partial charge in [-0.25, -0.2) is 9.37 Å². The van der Waals surface area contributed by atoms with Crippen molar-refractivity contribution < 1.29 is 13.9 Å². The average molecular weight is 357 g/mol. The highest BCUT2D eigenvalue weighted by molar-refractivity contribution is 6.32. The maximum absolute atomic E-state index is 13.4. The van der Waals surface area contributed by atoms with E-state index < -0.39 is 11.4 Å². The molecular weight excluding hydrogens is 343 g/mol. The number of hydrogen-bond donors (Lipinski definition) is 1. The van der Waals surface area contributed by atoms with Crippen molar-refractivity contribution in [3.8, 4) is 0 Å². The topological polar surface area (TPSA) is 51.2 Å². The minimum atomic E-state index is -0.638. The molecular formula is C19H14ClFN2O2. The van der Waals surface area contributed by atoms with Gasteiger partial charge in [0.1, 0.15) is 22.3 Å². The van der Waals surface area contributed by atoms with Crippen LogP contribution in [0.5, 0.6) is 0 Å². The van der Waals surface area contributed by atoms with Gasteiger partial charge >= 0.3 is 0 Å². The molecule has 0 spiro atoms. The molecule has 0 atom stereocenters. The van der Waals surface area contributed by atoms with Crippen molar-refractivity contribution in [3.63, 3.8) is 0 Å². The van der Waals surface area contributed by atoms with E-state index in [2.05, 4.69) is 10.3 Å². The fourth-order valence-electron chi connectivity index (χ4n) is 3.14. The van der Waals surface area contributed by atoms with Crippen molar-refractivity contribution in [3.05, 3.63) is 70.5 Å². The Balaban J connectivity index is 1.86. The standard InChI is InChI=1S/C19H14ClFN2O2/c1-19(2)13(10-3-6-16(20)22-9-10)8-15(25-19)17-12-5-4-11(21)7-14(12)23-18(17)24/h3-9H,1-2H3,(H,23,24). The second-order valence-electron chi connectivity index (χ2n) is 6.42. The summed E-state index contributed by atoms with van der Waals surface area (Å²) in [6.45, 7) is 3.83. The molecule has 1 amide bonds. The number of amides is 1. The third-order valence-corrected chi connectivity index (χ3v) is 4.52. The molecule has 4 nitrogen and oxygen atoms in total. The van der Waals surface area contributed by atoms with Gasteiger partial charge in [-0.1, -0.05) is 11.6 Å². The number of allylic oxidation sites excluding steroid dienone is 1. The fraction of sp³-hybridized carbons (Fsp3) is 0.158. The lowest BCUT2D eigenvalue weighted by Crippen LogP contribution is -2.21. The summed E-state index contributed by atoms with van der Waals surface area (Å²) in [5.41, 5.74) is 2.60. The molecule has 0 unspecified atom stereocenters. The van der Waals surface area contributed by atoms with Gasteiger partial charge in [0.15, 0.2) is 0 Å². The average Bonchev–Trinajstić information content (AvgIpc) is 3.03. The number of halogens is 2. The van der Waals surface area contributed by atoms with Gasteiger partial charge in [-0.3, -0.25) is 4.79 Å². The van der Waals surface area contributed by atoms with Gasteiger partial charge in [0.25, 0.3) is 5.91 Å². The molecule has 6 heteroatoms. The van der Waals surface area contributed by atoms with Crippen LogP contribution in [-0.2, 0) is 9.53 Å². The minimum absolute atomic E-state index is 0.307. The van der Waals surface area contributed by atoms with E-state index in [4.69, 9.17) is 16.3 Å². The number of nitrogens with one attached hydrogen (secondary N) is 1. The van der Waals surface area contributed by atoms with Gasteiger partial charge in [-0.05, 0) is 50.3 Å². The zero-order chi connectivity index (χ0) is 17.8. The molecule has 0 radical (unpaired) electrons. The van der Waals surface area contributed by atoms with Crippen molar-refractivity contribution in [2.24, 2.45) is 0 Å². The van der Waals surface area contributed by atoms with E-state index in [-0.39, 0.29) is 5.91 Å². The van der Waals surface area contributed by atoms with E-state index in [1.807, 2.05) is 26.0 Å². The Morgan fingerprint density at radius 1 is 1.24 bits per heavy atom. The Bertz CT molecular complexity index is 962. The van der Waals surface area contributed by atoms with E-state index in [0.717, 1.165) is 11.1 Å². The number of carbonyl (C=O) groups is 1. The minimum Gasteiger partial charge on any atom is -0.482 e. The maximum Gasteiger partial charge on any atom is 0.260 e. The molecule has 0 saturated carbocycles. The first-order chi connectivity index (χ1) is 11.8. The predicted octanol–water partition coefficient (Wildman–Crippen LogP) is 4.43. The van der Waals surface area contributed by atoms with Crippen LogP contribution in [0.1, 0.15) is 25.0 Å². The summed E-state index contributed by atoms with van der Waals surface area (Å²) in [6, 6.07) is 7.77. The second kappa shape index (κ2) is 5.43. The largest absolute Gasteiger partial charge is 0.482 e. The van der Waals surface area contributed by atoms with Gasteiger partial charge in [0.2, 0.25) is 0 Å². The first-order valence-corrected chi connectivity index (χ1v) is 8.11. The summed E-state index contributed by atoms with van der Waals surface area (Å²) in [4.78, 5) is 16.5. The van der Waals surface area contributed by atoms with E-state index in [0.29, 0.717) is 27.7 Å². The molecule has 0 bridgehead atoms. The SMILES string of the molecule is CC1(C)OC(=C2C(=O)Nc3cc(F)ccc32)C=C1c1ccc(Cl)nc1. The summed E-state index contributed by atoms with van der Waals surface area (Å²) in [5, 5.41) is 3.09. The van der Waals surface area contributed by atoms with Gasteiger partial charge < -0.3 is 10.1 Å². The Kier molecular flexibility index (Phi) is 3.44. The molecule has 0 aliphatic carbocycles. The van der Waals surface area contributed by atoms with Crippen LogP contribution in [0.4, 0.5) is 10.1 Å². The molecule has 2 aromatic rings. The zero-order valence-electron chi connectivity index (χ0n) is 13.6. The lowest BCUT2D eigenvalue weighted by Gasteiger charge is -2.23. The normalized spacial score (nSPS) is 20.8. The van der Waals surface area contributed by atoms with Gasteiger partial charge in [0, 0.05) is 22.9 Å². The van der Waals surface area contributed by atoms with Crippen LogP contribution >= 0.6 is 11.6 Å². The molecule has 4 rings (SSSR count). The number of carbonyl (C=O) groups excluding carboxylic acids is 1. The van der Waals surface area contributed by atoms with Gasteiger partial charge in [-0.15, -0.1) is 0 Å². The number of nitrogens with zero attached hydrogens (tertiary/aromatic N) is 1. The lowest BCUT2D eigenvalue weighted by atomic mass is 9.93. The quantitative estimate of drug-likeness (QED) is 0.607. The van der Waals surface area contributed by atoms with Crippen LogP contribution in [0, 0.1) is 5.82 Å². The molecule has 2 aliphatic heterocycles. The summed E-state index contributed by atoms with van der Waals surface area (Å²) in [5.74, 6) is -0.252. The fourth-order valence-corrected chi connectivity index (χ4v) is 3.25. The molecule has 1 N–H and O–H groups in total. The van der Waals surface area contributed by atoms with E-state index >= 15 is 0 Å². The van der Waals surface area contributed by atoms with E-state index in [9.17, 15) is 9.18 Å². The molecule has 0 saturated heterocycles. The van der Waals surface area contributed by atoms with Crippen molar-refractivity contribution >= 4 is 34.3 Å². The molecule has 126 valence electrons. The lowest BCUT2D eigenvalue weighted by molar-refractivity contribution is -0.111. The van der Waals surface area contributed by atoms with Crippen molar-refractivity contribution in [1.29, 1.82) is 0 Å². The zero-order valence-corrected chi connectivity index (χ0v) is 14.3. The number of aromatic nitrogens is 1. The smallest absolute Gasteiger partial charge is 0.260 e. The van der Waals surface area contributed by atoms with Crippen LogP contribution in [0.2, 0.25) is 5.15 Å². The highest BCUT2D eigenvalue weighted by Gasteiger charge is 2.38. The molecule has 0 fully saturated rings. The van der Waals surface area contributed by atoms with E-state index in [1.165, 1.54) is 12.1 Å². The molecule has 25 heavy (non-hydrogen) atoms. The third kappa shape index (κ3) is 2.61. The third-order valence-electron chi connectivity index (χ3n) is 4.30. The summed E-state index contributed by atoms with van der Waals surface area (Å²) in [6.07, 6.45) is 3.50. The van der Waals surface area contributed by atoms with Gasteiger partial charge in [0.05, 0.1) is 11.3 Å². The number of ether oxygens (including phenoxy) is 1. The highest BCUT2D eigenvalue weighted by atomic mass is 35.5. The van der Waals surface area contributed by atoms with Crippen molar-refractivity contribution in [2.75, 3.05) is 5.32 Å². The number of hydrogen-bond acceptors (Lipinski definition) is 3. The second-order valence-corrected chi connectivity index (χ2v) is 6.81. The van der Waals surface area contributed by atoms with E-state index in [1.54, 1.807) is 18.3 Å². The monoisotopic (exact) mass is 356 g/mol. The first-order valence-electron chi connectivity index (χ1n) is 7.74. The number of fused-ring (bicyclic) bond motifs is 1. The number of anilines is 1. The molecule has 1 aromatic heterocycles. The highest BCUT2D eigenvalue weighted by Crippen LogP contribution is 2.44. The Hall–Kier alpha value is -2.66. The van der Waals surface area contributed by atoms with Crippen molar-refractivity contribution in [2.45, 2.75) is 19.4 Å². The van der Waals surface area contributed by atoms with Crippen LogP contribution < -0.4 is 5.32 Å². The summed E-state index contributed by atoms with van der Waals surface area (Å²) >= 11 is 5.86. The summed E-state index contributed by atoms with van der Waals surface area (Å²) < 4.78 is 19.5. The molecule has 2 aliphatic rings. The predicted molar refractivity (Wildman–Crippen MR) is 94.3 cm³/mol. The number of benzene rings is 1. The van der Waals surface area contributed by atoms with Gasteiger partial charge in [-0.2, -0.15) is 0 Å². The molecule has 1 aromatic carbocycles. The maximum atomic E-state index is 13.4. The summed E-state index contributed by atoms with van der Waals surface area (Å²) in [7, 11) is 0. The van der Waals surface area contributed by atoms with Crippen LogP contribution in [0.3, 0.4) is 0 Å². The van der Waals surface area contributed by atoms with Crippen LogP contribution in [-0.4, -0.2) is 16.5 Å². The number of rotatable bonds is 1. The Morgan fingerprint density at radius 3 is 2.76 bits per heavy atom. The Morgan fingerprint density at radius 2 is 2.04 bits per heavy atom. The molecule has 3 heterocycles. The van der Waals surface area contributed by atoms with Crippen LogP contribution in [0.25, 0.3) is 11.1 Å². The first kappa shape index (κ1) is 15.8.